The van der Waals surface area contributed by atoms with E-state index in [9.17, 15) is 19.2 Å². The third-order valence-corrected chi connectivity index (χ3v) is 5.03. The van der Waals surface area contributed by atoms with Gasteiger partial charge in [0, 0.05) is 18.3 Å². The number of nitrogens with one attached hydrogen (secondary N) is 1. The van der Waals surface area contributed by atoms with Gasteiger partial charge in [0.2, 0.25) is 0 Å². The number of ether oxygens (including phenoxy) is 4. The fraction of sp³-hybridized carbons (Fsp3) is 0.286. The van der Waals surface area contributed by atoms with Crippen molar-refractivity contribution >= 4 is 23.7 Å². The molecule has 12 nitrogen and oxygen atoms in total. The van der Waals surface area contributed by atoms with Crippen molar-refractivity contribution in [2.75, 3.05) is 12.1 Å². The standard InChI is InChI=1S/C21H19N3O9/c1-11-2-4-12(5-3-11)20(27)30-10-13-17-18(33-16(26)7-6-15(25)32-17)19(31-13)24-9-8-14(23-29)22-21(24)28/h2-9,13,17-19,29H,10H2,1H3,(H,22,23,28)/b7-6-/t13-,17?,18+,19-/m1/s1. The quantitative estimate of drug-likeness (QED) is 0.366. The van der Waals surface area contributed by atoms with Gasteiger partial charge in [-0.1, -0.05) is 17.7 Å². The number of fused-ring (bicyclic) bond motifs is 1. The van der Waals surface area contributed by atoms with Crippen LogP contribution in [0.25, 0.3) is 0 Å². The first-order valence-electron chi connectivity index (χ1n) is 9.83. The van der Waals surface area contributed by atoms with E-state index in [1.807, 2.05) is 6.92 Å². The first-order chi connectivity index (χ1) is 15.9. The number of esters is 3. The van der Waals surface area contributed by atoms with Crippen molar-refractivity contribution in [1.82, 2.24) is 9.55 Å². The highest BCUT2D eigenvalue weighted by atomic mass is 16.7. The lowest BCUT2D eigenvalue weighted by Gasteiger charge is -2.25. The van der Waals surface area contributed by atoms with Gasteiger partial charge in [0.1, 0.15) is 12.7 Å². The third kappa shape index (κ3) is 4.76. The Hall–Kier alpha value is -4.03. The third-order valence-electron chi connectivity index (χ3n) is 5.03. The number of carbonyl (C=O) groups is 3. The van der Waals surface area contributed by atoms with Crippen LogP contribution in [0.1, 0.15) is 22.1 Å². The van der Waals surface area contributed by atoms with Gasteiger partial charge in [-0.3, -0.25) is 15.3 Å². The molecule has 33 heavy (non-hydrogen) atoms. The maximum absolute atomic E-state index is 12.4. The Morgan fingerprint density at radius 1 is 1.09 bits per heavy atom. The van der Waals surface area contributed by atoms with Crippen molar-refractivity contribution in [3.63, 3.8) is 0 Å². The molecule has 1 saturated heterocycles. The molecule has 4 rings (SSSR count). The second-order valence-corrected chi connectivity index (χ2v) is 7.28. The molecule has 1 aromatic heterocycles. The number of aromatic nitrogens is 2. The summed E-state index contributed by atoms with van der Waals surface area (Å²) in [4.78, 5) is 52.6. The topological polar surface area (TPSA) is 155 Å². The lowest BCUT2D eigenvalue weighted by atomic mass is 10.1. The van der Waals surface area contributed by atoms with Crippen LogP contribution in [0.3, 0.4) is 0 Å². The van der Waals surface area contributed by atoms with Crippen molar-refractivity contribution in [1.29, 1.82) is 0 Å². The van der Waals surface area contributed by atoms with Crippen LogP contribution in [0.15, 0.2) is 53.5 Å². The fourth-order valence-corrected chi connectivity index (χ4v) is 3.42. The van der Waals surface area contributed by atoms with Gasteiger partial charge in [0.05, 0.1) is 5.56 Å². The Bertz CT molecular complexity index is 1160. The highest BCUT2D eigenvalue weighted by Gasteiger charge is 2.51. The molecule has 1 unspecified atom stereocenters. The zero-order valence-corrected chi connectivity index (χ0v) is 17.2. The van der Waals surface area contributed by atoms with Gasteiger partial charge in [-0.2, -0.15) is 4.98 Å². The Kier molecular flexibility index (Phi) is 6.20. The fourth-order valence-electron chi connectivity index (χ4n) is 3.42. The van der Waals surface area contributed by atoms with Crippen LogP contribution in [0.2, 0.25) is 0 Å². The maximum atomic E-state index is 12.4. The molecule has 12 heteroatoms. The van der Waals surface area contributed by atoms with Gasteiger partial charge in [-0.25, -0.2) is 19.2 Å². The minimum Gasteiger partial charge on any atom is -0.459 e. The van der Waals surface area contributed by atoms with E-state index in [4.69, 9.17) is 24.2 Å². The molecule has 0 spiro atoms. The summed E-state index contributed by atoms with van der Waals surface area (Å²) in [7, 11) is 0. The molecule has 0 aliphatic carbocycles. The maximum Gasteiger partial charge on any atom is 0.351 e. The van der Waals surface area contributed by atoms with Crippen LogP contribution in [0.5, 0.6) is 0 Å². The summed E-state index contributed by atoms with van der Waals surface area (Å²) < 4.78 is 22.9. The molecule has 1 fully saturated rings. The molecular weight excluding hydrogens is 438 g/mol. The van der Waals surface area contributed by atoms with Crippen molar-refractivity contribution < 1.29 is 38.5 Å². The van der Waals surface area contributed by atoms with E-state index in [2.05, 4.69) is 4.98 Å². The van der Waals surface area contributed by atoms with E-state index in [0.29, 0.717) is 5.56 Å². The summed E-state index contributed by atoms with van der Waals surface area (Å²) in [5.74, 6) is -2.42. The average molecular weight is 457 g/mol. The molecule has 2 aliphatic heterocycles. The minimum atomic E-state index is -1.24. The van der Waals surface area contributed by atoms with E-state index in [1.165, 1.54) is 12.3 Å². The molecule has 1 aromatic carbocycles. The monoisotopic (exact) mass is 457 g/mol. The average Bonchev–Trinajstić information content (AvgIpc) is 3.11. The van der Waals surface area contributed by atoms with Gasteiger partial charge in [0.25, 0.3) is 0 Å². The van der Waals surface area contributed by atoms with Crippen LogP contribution in [0, 0.1) is 6.92 Å². The smallest absolute Gasteiger partial charge is 0.351 e. The predicted octanol–water partition coefficient (Wildman–Crippen LogP) is 0.501. The van der Waals surface area contributed by atoms with Gasteiger partial charge < -0.3 is 18.9 Å². The summed E-state index contributed by atoms with van der Waals surface area (Å²) in [5, 5.41) is 8.94. The number of hydrogen-bond acceptors (Lipinski definition) is 11. The Morgan fingerprint density at radius 2 is 1.76 bits per heavy atom. The molecule has 0 radical (unpaired) electrons. The second kappa shape index (κ2) is 9.22. The van der Waals surface area contributed by atoms with Gasteiger partial charge in [0.15, 0.2) is 24.3 Å². The van der Waals surface area contributed by atoms with Crippen LogP contribution >= 0.6 is 0 Å². The minimum absolute atomic E-state index is 0.113. The summed E-state index contributed by atoms with van der Waals surface area (Å²) in [6, 6.07) is 7.98. The molecule has 2 N–H and O–H groups in total. The van der Waals surface area contributed by atoms with Crippen molar-refractivity contribution in [3.8, 4) is 0 Å². The molecule has 2 aliphatic rings. The van der Waals surface area contributed by atoms with Crippen molar-refractivity contribution in [2.45, 2.75) is 31.5 Å². The highest BCUT2D eigenvalue weighted by Crippen LogP contribution is 2.34. The molecule has 4 atom stereocenters. The molecule has 172 valence electrons. The summed E-state index contributed by atoms with van der Waals surface area (Å²) >= 11 is 0. The summed E-state index contributed by atoms with van der Waals surface area (Å²) in [6.07, 6.45) is -1.67. The molecule has 2 aromatic rings. The number of rotatable bonds is 5. The van der Waals surface area contributed by atoms with E-state index in [-0.39, 0.29) is 12.4 Å². The number of benzene rings is 1. The lowest BCUT2D eigenvalue weighted by molar-refractivity contribution is -0.164. The van der Waals surface area contributed by atoms with Crippen LogP contribution in [-0.4, -0.2) is 57.6 Å². The number of nitrogens with zero attached hydrogens (tertiary/aromatic N) is 2. The van der Waals surface area contributed by atoms with Crippen LogP contribution < -0.4 is 11.2 Å². The van der Waals surface area contributed by atoms with Gasteiger partial charge >= 0.3 is 23.6 Å². The first-order valence-corrected chi connectivity index (χ1v) is 9.83. The molecular formula is C21H19N3O9. The molecule has 0 saturated carbocycles. The molecule has 0 bridgehead atoms. The van der Waals surface area contributed by atoms with Gasteiger partial charge in [-0.05, 0) is 25.1 Å². The van der Waals surface area contributed by atoms with E-state index >= 15 is 0 Å². The van der Waals surface area contributed by atoms with Crippen molar-refractivity contribution in [3.05, 3.63) is 70.3 Å². The van der Waals surface area contributed by atoms with E-state index < -0.39 is 48.1 Å². The Balaban J connectivity index is 1.60. The molecule has 3 heterocycles. The second-order valence-electron chi connectivity index (χ2n) is 7.28. The first kappa shape index (κ1) is 22.2. The van der Waals surface area contributed by atoms with Crippen molar-refractivity contribution in [2.24, 2.45) is 0 Å². The summed E-state index contributed by atoms with van der Waals surface area (Å²) in [5.41, 5.74) is 2.18. The predicted molar refractivity (Wildman–Crippen MR) is 108 cm³/mol. The number of anilines is 1. The molecule has 0 amide bonds. The lowest BCUT2D eigenvalue weighted by Crippen LogP contribution is -2.43. The highest BCUT2D eigenvalue weighted by molar-refractivity contribution is 5.92. The zero-order valence-electron chi connectivity index (χ0n) is 17.2. The SMILES string of the molecule is Cc1ccc(C(=O)OC[C@H]2O[C@@H](n3ccc(NO)nc3=O)[C@H]3OC(=O)/C=C\C(=O)OC23)cc1. The number of aryl methyl sites for hydroxylation is 1. The Labute approximate surface area is 186 Å². The normalized spacial score (nSPS) is 25.2. The van der Waals surface area contributed by atoms with Crippen LogP contribution in [0.4, 0.5) is 5.82 Å². The van der Waals surface area contributed by atoms with E-state index in [1.54, 1.807) is 29.7 Å². The zero-order chi connectivity index (χ0) is 23.5. The largest absolute Gasteiger partial charge is 0.459 e. The number of carbonyl (C=O) groups excluding carboxylic acids is 3. The van der Waals surface area contributed by atoms with Gasteiger partial charge in [-0.15, -0.1) is 0 Å². The summed E-state index contributed by atoms with van der Waals surface area (Å²) in [6.45, 7) is 1.53. The van der Waals surface area contributed by atoms with E-state index in [0.717, 1.165) is 22.3 Å². The van der Waals surface area contributed by atoms with Crippen LogP contribution in [-0.2, 0) is 28.5 Å². The number of hydrogen-bond donors (Lipinski definition) is 2. The Morgan fingerprint density at radius 3 is 2.39 bits per heavy atom.